The number of methoxy groups -OCH3 is 1. The molecule has 0 aliphatic carbocycles. The van der Waals surface area contributed by atoms with E-state index in [2.05, 4.69) is 45.8 Å². The van der Waals surface area contributed by atoms with E-state index in [4.69, 9.17) is 15.1 Å². The Hall–Kier alpha value is -4.24. The van der Waals surface area contributed by atoms with Crippen LogP contribution in [-0.4, -0.2) is 73.9 Å². The molecule has 0 fully saturated rings. The van der Waals surface area contributed by atoms with Crippen LogP contribution in [0.25, 0.3) is 0 Å². The number of nitrogens with zero attached hydrogens (tertiary/aromatic N) is 4. The van der Waals surface area contributed by atoms with Crippen LogP contribution < -0.4 is 20.3 Å². The number of hydrogen-bond acceptors (Lipinski definition) is 8. The summed E-state index contributed by atoms with van der Waals surface area (Å²) in [5.41, 5.74) is 4.78. The summed E-state index contributed by atoms with van der Waals surface area (Å²) in [4.78, 5) is 25.6. The van der Waals surface area contributed by atoms with Gasteiger partial charge < -0.3 is 25.2 Å². The Bertz CT molecular complexity index is 1320. The number of hydrogen-bond donors (Lipinski definition) is 3. The van der Waals surface area contributed by atoms with Crippen LogP contribution >= 0.6 is 0 Å². The standard InChI is InChI=1S/C30H39N7O2/c1-8-29(38)35-25-17-21(27(39-7)19-26(25)37(6)16-15-36(4)5)18-28-32-14-13-24(34-28)30(31)22-11-9-10-12-23(22)33-20(2)3/h8-14,17,19-20,31,33H,1,15-16,18H2,2-7H3,(H,35,38). The van der Waals surface area contributed by atoms with Crippen LogP contribution in [0, 0.1) is 5.41 Å². The average molecular weight is 530 g/mol. The summed E-state index contributed by atoms with van der Waals surface area (Å²) in [6.45, 7) is 9.31. The van der Waals surface area contributed by atoms with Crippen molar-refractivity contribution in [3.05, 3.63) is 84.0 Å². The van der Waals surface area contributed by atoms with Gasteiger partial charge in [0.2, 0.25) is 5.91 Å². The van der Waals surface area contributed by atoms with E-state index < -0.39 is 0 Å². The fourth-order valence-electron chi connectivity index (χ4n) is 4.08. The molecule has 0 saturated carbocycles. The molecule has 3 rings (SSSR count). The molecule has 3 N–H and O–H groups in total. The van der Waals surface area contributed by atoms with Gasteiger partial charge in [-0.3, -0.25) is 10.2 Å². The third-order valence-electron chi connectivity index (χ3n) is 6.09. The smallest absolute Gasteiger partial charge is 0.247 e. The number of nitrogens with one attached hydrogen (secondary N) is 3. The van der Waals surface area contributed by atoms with Crippen molar-refractivity contribution in [3.63, 3.8) is 0 Å². The first-order valence-corrected chi connectivity index (χ1v) is 12.9. The first-order valence-electron chi connectivity index (χ1n) is 12.9. The van der Waals surface area contributed by atoms with E-state index in [-0.39, 0.29) is 11.9 Å². The van der Waals surface area contributed by atoms with Crippen molar-refractivity contribution in [2.24, 2.45) is 0 Å². The molecule has 206 valence electrons. The number of amides is 1. The molecule has 1 heterocycles. The van der Waals surface area contributed by atoms with Gasteiger partial charge in [0.25, 0.3) is 0 Å². The molecule has 0 spiro atoms. The van der Waals surface area contributed by atoms with E-state index in [0.29, 0.717) is 35.1 Å². The summed E-state index contributed by atoms with van der Waals surface area (Å²) >= 11 is 0. The van der Waals surface area contributed by atoms with Gasteiger partial charge in [0.1, 0.15) is 11.6 Å². The summed E-state index contributed by atoms with van der Waals surface area (Å²) in [6.07, 6.45) is 3.27. The van der Waals surface area contributed by atoms with Crippen LogP contribution in [0.15, 0.2) is 61.3 Å². The van der Waals surface area contributed by atoms with E-state index in [1.165, 1.54) is 6.08 Å². The van der Waals surface area contributed by atoms with Gasteiger partial charge in [0.05, 0.1) is 29.9 Å². The lowest BCUT2D eigenvalue weighted by Crippen LogP contribution is -2.29. The summed E-state index contributed by atoms with van der Waals surface area (Å²) in [7, 11) is 7.64. The molecular weight excluding hydrogens is 490 g/mol. The van der Waals surface area contributed by atoms with Crippen molar-refractivity contribution < 1.29 is 9.53 Å². The molecule has 3 aromatic rings. The highest BCUT2D eigenvalue weighted by Gasteiger charge is 2.18. The molecule has 9 heteroatoms. The topological polar surface area (TPSA) is 106 Å². The van der Waals surface area contributed by atoms with Crippen molar-refractivity contribution >= 4 is 28.7 Å². The van der Waals surface area contributed by atoms with Crippen molar-refractivity contribution in [3.8, 4) is 5.75 Å². The molecule has 1 aromatic heterocycles. The lowest BCUT2D eigenvalue weighted by atomic mass is 10.0. The molecule has 0 aliphatic rings. The molecule has 0 bridgehead atoms. The number of anilines is 3. The van der Waals surface area contributed by atoms with Gasteiger partial charge in [-0.15, -0.1) is 0 Å². The van der Waals surface area contributed by atoms with Gasteiger partial charge in [0, 0.05) is 61.7 Å². The Morgan fingerprint density at radius 3 is 2.54 bits per heavy atom. The molecule has 0 atom stereocenters. The Balaban J connectivity index is 1.96. The number of para-hydroxylation sites is 1. The maximum atomic E-state index is 12.3. The van der Waals surface area contributed by atoms with E-state index in [1.807, 2.05) is 57.5 Å². The Morgan fingerprint density at radius 1 is 1.13 bits per heavy atom. The first-order chi connectivity index (χ1) is 18.6. The zero-order valence-electron chi connectivity index (χ0n) is 23.7. The van der Waals surface area contributed by atoms with Gasteiger partial charge in [0.15, 0.2) is 0 Å². The number of aromatic nitrogens is 2. The van der Waals surface area contributed by atoms with Gasteiger partial charge in [-0.1, -0.05) is 24.8 Å². The fraction of sp³-hybridized carbons (Fsp3) is 0.333. The van der Waals surface area contributed by atoms with Crippen molar-refractivity contribution in [2.75, 3.05) is 56.9 Å². The highest BCUT2D eigenvalue weighted by atomic mass is 16.5. The number of carbonyl (C=O) groups excluding carboxylic acids is 1. The molecular formula is C30H39N7O2. The van der Waals surface area contributed by atoms with Gasteiger partial charge in [-0.25, -0.2) is 9.97 Å². The number of likely N-dealkylation sites (N-methyl/N-ethyl adjacent to an activating group) is 2. The number of benzene rings is 2. The maximum Gasteiger partial charge on any atom is 0.247 e. The van der Waals surface area contributed by atoms with E-state index in [9.17, 15) is 4.79 Å². The Labute approximate surface area is 231 Å². The summed E-state index contributed by atoms with van der Waals surface area (Å²) in [6, 6.07) is 13.5. The van der Waals surface area contributed by atoms with Crippen LogP contribution in [0.5, 0.6) is 5.75 Å². The van der Waals surface area contributed by atoms with E-state index in [1.54, 1.807) is 19.4 Å². The minimum absolute atomic E-state index is 0.230. The maximum absolute atomic E-state index is 12.3. The van der Waals surface area contributed by atoms with Crippen LogP contribution in [0.2, 0.25) is 0 Å². The SMILES string of the molecule is C=CC(=O)Nc1cc(Cc2nccc(C(=N)c3ccccc3NC(C)C)n2)c(OC)cc1N(C)CCN(C)C. The predicted octanol–water partition coefficient (Wildman–Crippen LogP) is 4.43. The zero-order valence-corrected chi connectivity index (χ0v) is 23.7. The third kappa shape index (κ3) is 7.87. The second kappa shape index (κ2) is 13.5. The molecule has 0 radical (unpaired) electrons. The van der Waals surface area contributed by atoms with Crippen molar-refractivity contribution in [2.45, 2.75) is 26.3 Å². The molecule has 0 aliphatic heterocycles. The molecule has 1 amide bonds. The van der Waals surface area contributed by atoms with Crippen LogP contribution in [-0.2, 0) is 11.2 Å². The largest absolute Gasteiger partial charge is 0.496 e. The lowest BCUT2D eigenvalue weighted by Gasteiger charge is -2.25. The van der Waals surface area contributed by atoms with Gasteiger partial charge in [-0.2, -0.15) is 0 Å². The van der Waals surface area contributed by atoms with Crippen LogP contribution in [0.4, 0.5) is 17.1 Å². The summed E-state index contributed by atoms with van der Waals surface area (Å²) < 4.78 is 5.74. The number of rotatable bonds is 13. The van der Waals surface area contributed by atoms with Crippen LogP contribution in [0.1, 0.15) is 36.5 Å². The van der Waals surface area contributed by atoms with E-state index >= 15 is 0 Å². The second-order valence-corrected chi connectivity index (χ2v) is 9.85. The van der Waals surface area contributed by atoms with Gasteiger partial charge >= 0.3 is 0 Å². The fourth-order valence-corrected chi connectivity index (χ4v) is 4.08. The minimum atomic E-state index is -0.297. The number of carbonyl (C=O) groups is 1. The van der Waals surface area contributed by atoms with Crippen molar-refractivity contribution in [1.82, 2.24) is 14.9 Å². The third-order valence-corrected chi connectivity index (χ3v) is 6.09. The zero-order chi connectivity index (χ0) is 28.5. The average Bonchev–Trinajstić information content (AvgIpc) is 2.91. The molecule has 39 heavy (non-hydrogen) atoms. The highest BCUT2D eigenvalue weighted by molar-refractivity contribution is 6.12. The normalized spacial score (nSPS) is 10.9. The summed E-state index contributed by atoms with van der Waals surface area (Å²) in [5, 5.41) is 15.2. The molecule has 0 saturated heterocycles. The Morgan fingerprint density at radius 2 is 1.87 bits per heavy atom. The van der Waals surface area contributed by atoms with Crippen LogP contribution in [0.3, 0.4) is 0 Å². The second-order valence-electron chi connectivity index (χ2n) is 9.85. The highest BCUT2D eigenvalue weighted by Crippen LogP contribution is 2.34. The number of ether oxygens (including phenoxy) is 1. The monoisotopic (exact) mass is 529 g/mol. The molecule has 9 nitrogen and oxygen atoms in total. The summed E-state index contributed by atoms with van der Waals surface area (Å²) in [5.74, 6) is 0.905. The van der Waals surface area contributed by atoms with Gasteiger partial charge in [-0.05, 0) is 52.2 Å². The van der Waals surface area contributed by atoms with Crippen molar-refractivity contribution in [1.29, 1.82) is 5.41 Å². The minimum Gasteiger partial charge on any atom is -0.496 e. The van der Waals surface area contributed by atoms with E-state index in [0.717, 1.165) is 35.6 Å². The lowest BCUT2D eigenvalue weighted by molar-refractivity contribution is -0.111. The molecule has 0 unspecified atom stereocenters. The first kappa shape index (κ1) is 29.3. The molecule has 2 aromatic carbocycles. The predicted molar refractivity (Wildman–Crippen MR) is 160 cm³/mol. The Kier molecular flexibility index (Phi) is 10.2. The quantitative estimate of drug-likeness (QED) is 0.222.